The van der Waals surface area contributed by atoms with Gasteiger partial charge in [0.25, 0.3) is 5.91 Å². The Labute approximate surface area is 172 Å². The number of hydrogen-bond donors (Lipinski definition) is 1. The van der Waals surface area contributed by atoms with E-state index in [4.69, 9.17) is 9.72 Å². The third-order valence-electron chi connectivity index (χ3n) is 4.87. The number of amides is 1. The summed E-state index contributed by atoms with van der Waals surface area (Å²) >= 11 is 0. The smallest absolute Gasteiger partial charge is 0.273 e. The van der Waals surface area contributed by atoms with Crippen LogP contribution in [0.2, 0.25) is 0 Å². The van der Waals surface area contributed by atoms with Crippen molar-refractivity contribution < 1.29 is 9.53 Å². The molecule has 1 unspecified atom stereocenters. The zero-order valence-corrected chi connectivity index (χ0v) is 18.1. The molecule has 29 heavy (non-hydrogen) atoms. The van der Waals surface area contributed by atoms with Crippen LogP contribution in [-0.4, -0.2) is 69.7 Å². The summed E-state index contributed by atoms with van der Waals surface area (Å²) in [5.41, 5.74) is 1.53. The van der Waals surface area contributed by atoms with E-state index < -0.39 is 0 Å². The second kappa shape index (κ2) is 9.00. The molecule has 0 saturated carbocycles. The summed E-state index contributed by atoms with van der Waals surface area (Å²) in [6.07, 6.45) is 6.17. The third-order valence-corrected chi connectivity index (χ3v) is 4.87. The Bertz CT molecular complexity index is 836. The van der Waals surface area contributed by atoms with Gasteiger partial charge in [0.2, 0.25) is 0 Å². The predicted molar refractivity (Wildman–Crippen MR) is 112 cm³/mol. The van der Waals surface area contributed by atoms with Crippen LogP contribution < -0.4 is 5.32 Å². The Hall–Kier alpha value is -2.32. The molecule has 1 aliphatic rings. The Morgan fingerprint density at radius 1 is 1.31 bits per heavy atom. The lowest BCUT2D eigenvalue weighted by Gasteiger charge is -2.26. The van der Waals surface area contributed by atoms with Crippen LogP contribution in [0.4, 0.5) is 0 Å². The average Bonchev–Trinajstić information content (AvgIpc) is 3.13. The second-order valence-corrected chi connectivity index (χ2v) is 8.57. The van der Waals surface area contributed by atoms with Crippen molar-refractivity contribution >= 4 is 5.91 Å². The predicted octanol–water partition coefficient (Wildman–Crippen LogP) is 2.11. The molecule has 3 rings (SSSR count). The highest BCUT2D eigenvalue weighted by molar-refractivity contribution is 5.92. The van der Waals surface area contributed by atoms with Gasteiger partial charge < -0.3 is 19.5 Å². The van der Waals surface area contributed by atoms with Crippen LogP contribution >= 0.6 is 0 Å². The van der Waals surface area contributed by atoms with Gasteiger partial charge in [0.15, 0.2) is 0 Å². The summed E-state index contributed by atoms with van der Waals surface area (Å²) in [4.78, 5) is 27.9. The van der Waals surface area contributed by atoms with Crippen molar-refractivity contribution in [3.8, 4) is 11.4 Å². The summed E-state index contributed by atoms with van der Waals surface area (Å²) in [6.45, 7) is 12.3. The first-order chi connectivity index (χ1) is 13.8. The molecule has 2 aromatic heterocycles. The maximum atomic E-state index is 12.6. The van der Waals surface area contributed by atoms with Crippen LogP contribution in [0.3, 0.4) is 0 Å². The number of nitrogens with zero attached hydrogens (tertiary/aromatic N) is 5. The third kappa shape index (κ3) is 5.19. The molecule has 1 fully saturated rings. The highest BCUT2D eigenvalue weighted by Crippen LogP contribution is 2.26. The first-order valence-electron chi connectivity index (χ1n) is 10.3. The number of carbonyl (C=O) groups excluding carboxylic acids is 1. The summed E-state index contributed by atoms with van der Waals surface area (Å²) in [7, 11) is 1.78. The molecule has 0 bridgehead atoms. The van der Waals surface area contributed by atoms with E-state index in [1.165, 1.54) is 6.20 Å². The fraction of sp³-hybridized carbons (Fsp3) is 0.619. The van der Waals surface area contributed by atoms with Gasteiger partial charge in [0.1, 0.15) is 22.9 Å². The molecular formula is C21H32N6O2. The zero-order chi connectivity index (χ0) is 21.0. The van der Waals surface area contributed by atoms with E-state index in [-0.39, 0.29) is 17.4 Å². The molecule has 0 spiro atoms. The quantitative estimate of drug-likeness (QED) is 0.799. The molecule has 1 aliphatic heterocycles. The van der Waals surface area contributed by atoms with E-state index in [1.54, 1.807) is 18.1 Å². The average molecular weight is 401 g/mol. The Kier molecular flexibility index (Phi) is 6.64. The van der Waals surface area contributed by atoms with Crippen LogP contribution in [-0.2, 0) is 16.7 Å². The number of nitrogens with one attached hydrogen (secondary N) is 1. The number of aromatic nitrogens is 4. The zero-order valence-electron chi connectivity index (χ0n) is 18.1. The van der Waals surface area contributed by atoms with E-state index in [1.807, 2.05) is 13.1 Å². The number of carbonyl (C=O) groups is 1. The maximum Gasteiger partial charge on any atom is 0.273 e. The minimum absolute atomic E-state index is 0.105. The van der Waals surface area contributed by atoms with Gasteiger partial charge in [-0.15, -0.1) is 0 Å². The molecule has 8 nitrogen and oxygen atoms in total. The van der Waals surface area contributed by atoms with Crippen molar-refractivity contribution in [2.45, 2.75) is 52.2 Å². The monoisotopic (exact) mass is 400 g/mol. The molecule has 1 saturated heterocycles. The van der Waals surface area contributed by atoms with Crippen LogP contribution in [0, 0.1) is 0 Å². The van der Waals surface area contributed by atoms with E-state index in [0.29, 0.717) is 17.9 Å². The first kappa shape index (κ1) is 21.4. The Morgan fingerprint density at radius 2 is 2.10 bits per heavy atom. The topological polar surface area (TPSA) is 85.2 Å². The first-order valence-corrected chi connectivity index (χ1v) is 10.3. The molecule has 1 N–H and O–H groups in total. The SMILES string of the molecule is CCCN(C)C(=O)c1cncc(-c2cn(CC3CNCCO3)c(C(C)(C)C)n2)n1. The lowest BCUT2D eigenvalue weighted by Crippen LogP contribution is -2.41. The summed E-state index contributed by atoms with van der Waals surface area (Å²) < 4.78 is 8.02. The van der Waals surface area contributed by atoms with Crippen LogP contribution in [0.5, 0.6) is 0 Å². The molecule has 2 aromatic rings. The van der Waals surface area contributed by atoms with Crippen molar-refractivity contribution in [3.63, 3.8) is 0 Å². The minimum atomic E-state index is -0.136. The van der Waals surface area contributed by atoms with Crippen molar-refractivity contribution in [2.24, 2.45) is 0 Å². The second-order valence-electron chi connectivity index (χ2n) is 8.57. The van der Waals surface area contributed by atoms with Gasteiger partial charge in [-0.25, -0.2) is 9.97 Å². The maximum absolute atomic E-state index is 12.6. The minimum Gasteiger partial charge on any atom is -0.374 e. The Morgan fingerprint density at radius 3 is 2.76 bits per heavy atom. The van der Waals surface area contributed by atoms with Crippen LogP contribution in [0.1, 0.15) is 50.4 Å². The summed E-state index contributed by atoms with van der Waals surface area (Å²) in [5.74, 6) is 0.835. The standard InChI is InChI=1S/C21H32N6O2/c1-6-8-26(5)19(28)17-12-23-11-16(24-17)18-14-27(20(25-18)21(2,3)4)13-15-10-22-7-9-29-15/h11-12,14-15,22H,6-10,13H2,1-5H3. The molecule has 0 aliphatic carbocycles. The molecule has 0 radical (unpaired) electrons. The van der Waals surface area contributed by atoms with Gasteiger partial charge in [0, 0.05) is 38.3 Å². The van der Waals surface area contributed by atoms with E-state index in [9.17, 15) is 4.79 Å². The molecule has 1 atom stereocenters. The van der Waals surface area contributed by atoms with Gasteiger partial charge in [-0.3, -0.25) is 9.78 Å². The van der Waals surface area contributed by atoms with Crippen molar-refractivity contribution in [2.75, 3.05) is 33.3 Å². The van der Waals surface area contributed by atoms with Gasteiger partial charge in [-0.1, -0.05) is 27.7 Å². The van der Waals surface area contributed by atoms with Crippen LogP contribution in [0.15, 0.2) is 18.6 Å². The van der Waals surface area contributed by atoms with Gasteiger partial charge >= 0.3 is 0 Å². The van der Waals surface area contributed by atoms with Crippen molar-refractivity contribution in [1.29, 1.82) is 0 Å². The summed E-state index contributed by atoms with van der Waals surface area (Å²) in [5, 5.41) is 3.37. The normalized spacial score (nSPS) is 17.3. The number of ether oxygens (including phenoxy) is 1. The van der Waals surface area contributed by atoms with E-state index in [2.05, 4.69) is 40.6 Å². The largest absolute Gasteiger partial charge is 0.374 e. The number of imidazole rings is 1. The Balaban J connectivity index is 1.90. The van der Waals surface area contributed by atoms with Crippen LogP contribution in [0.25, 0.3) is 11.4 Å². The van der Waals surface area contributed by atoms with Gasteiger partial charge in [-0.2, -0.15) is 0 Å². The van der Waals surface area contributed by atoms with Gasteiger partial charge in [-0.05, 0) is 6.42 Å². The van der Waals surface area contributed by atoms with Crippen molar-refractivity contribution in [1.82, 2.24) is 29.7 Å². The molecule has 8 heteroatoms. The van der Waals surface area contributed by atoms with E-state index >= 15 is 0 Å². The molecule has 3 heterocycles. The summed E-state index contributed by atoms with van der Waals surface area (Å²) in [6, 6.07) is 0. The molecular weight excluding hydrogens is 368 g/mol. The number of rotatable bonds is 6. The lowest BCUT2D eigenvalue weighted by atomic mass is 9.95. The number of hydrogen-bond acceptors (Lipinski definition) is 6. The van der Waals surface area contributed by atoms with Gasteiger partial charge in [0.05, 0.1) is 31.6 Å². The molecule has 0 aromatic carbocycles. The van der Waals surface area contributed by atoms with Crippen molar-refractivity contribution in [3.05, 3.63) is 30.1 Å². The molecule has 1 amide bonds. The lowest BCUT2D eigenvalue weighted by molar-refractivity contribution is 0.0173. The highest BCUT2D eigenvalue weighted by Gasteiger charge is 2.25. The van der Waals surface area contributed by atoms with E-state index in [0.717, 1.165) is 44.2 Å². The number of morpholine rings is 1. The fourth-order valence-corrected chi connectivity index (χ4v) is 3.46. The molecule has 158 valence electrons. The highest BCUT2D eigenvalue weighted by atomic mass is 16.5. The fourth-order valence-electron chi connectivity index (χ4n) is 3.46.